The minimum Gasteiger partial charge on any atom is -0.469 e. The molecule has 0 radical (unpaired) electrons. The molecular formula is C17H23N5O2. The zero-order valence-corrected chi connectivity index (χ0v) is 14.0. The Morgan fingerprint density at radius 1 is 1.25 bits per heavy atom. The summed E-state index contributed by atoms with van der Waals surface area (Å²) >= 11 is 0. The molecule has 0 aliphatic rings. The third-order valence-corrected chi connectivity index (χ3v) is 3.48. The molecule has 0 fully saturated rings. The average Bonchev–Trinajstić information content (AvgIpc) is 3.15. The van der Waals surface area contributed by atoms with Crippen molar-refractivity contribution >= 4 is 11.9 Å². The van der Waals surface area contributed by atoms with Gasteiger partial charge in [0.1, 0.15) is 0 Å². The highest BCUT2D eigenvalue weighted by atomic mass is 16.5. The van der Waals surface area contributed by atoms with E-state index in [2.05, 4.69) is 37.6 Å². The van der Waals surface area contributed by atoms with E-state index in [9.17, 15) is 4.79 Å². The number of nitrogens with zero attached hydrogens (tertiary/aromatic N) is 3. The Hall–Kier alpha value is -2.83. The number of benzene rings is 1. The lowest BCUT2D eigenvalue weighted by atomic mass is 10.1. The molecule has 1 heterocycles. The van der Waals surface area contributed by atoms with Crippen molar-refractivity contribution < 1.29 is 9.53 Å². The van der Waals surface area contributed by atoms with Crippen LogP contribution >= 0.6 is 0 Å². The maximum Gasteiger partial charge on any atom is 0.307 e. The van der Waals surface area contributed by atoms with Gasteiger partial charge in [-0.2, -0.15) is 5.10 Å². The molecule has 128 valence electrons. The second-order valence-corrected chi connectivity index (χ2v) is 5.12. The van der Waals surface area contributed by atoms with Gasteiger partial charge in [-0.25, -0.2) is 4.68 Å². The van der Waals surface area contributed by atoms with Crippen molar-refractivity contribution in [2.75, 3.05) is 27.2 Å². The molecule has 2 aromatic rings. The molecule has 0 atom stereocenters. The smallest absolute Gasteiger partial charge is 0.307 e. The van der Waals surface area contributed by atoms with Crippen molar-refractivity contribution in [3.8, 4) is 5.69 Å². The van der Waals surface area contributed by atoms with E-state index in [4.69, 9.17) is 0 Å². The van der Waals surface area contributed by atoms with Crippen molar-refractivity contribution in [2.24, 2.45) is 4.99 Å². The van der Waals surface area contributed by atoms with Gasteiger partial charge in [0.15, 0.2) is 5.96 Å². The zero-order valence-electron chi connectivity index (χ0n) is 14.0. The van der Waals surface area contributed by atoms with E-state index in [-0.39, 0.29) is 5.97 Å². The van der Waals surface area contributed by atoms with Crippen LogP contribution in [0.5, 0.6) is 0 Å². The van der Waals surface area contributed by atoms with Gasteiger partial charge in [0.25, 0.3) is 0 Å². The molecule has 2 N–H and O–H groups in total. The van der Waals surface area contributed by atoms with Crippen LogP contribution in [0.3, 0.4) is 0 Å². The van der Waals surface area contributed by atoms with Crippen LogP contribution in [-0.2, 0) is 16.0 Å². The summed E-state index contributed by atoms with van der Waals surface area (Å²) in [6, 6.07) is 10.2. The van der Waals surface area contributed by atoms with E-state index in [1.807, 2.05) is 29.1 Å². The molecular weight excluding hydrogens is 306 g/mol. The predicted molar refractivity (Wildman–Crippen MR) is 93.3 cm³/mol. The van der Waals surface area contributed by atoms with Crippen LogP contribution < -0.4 is 10.6 Å². The van der Waals surface area contributed by atoms with Crippen LogP contribution in [-0.4, -0.2) is 49.0 Å². The summed E-state index contributed by atoms with van der Waals surface area (Å²) in [7, 11) is 3.08. The monoisotopic (exact) mass is 329 g/mol. The summed E-state index contributed by atoms with van der Waals surface area (Å²) in [4.78, 5) is 15.2. The third kappa shape index (κ3) is 5.42. The van der Waals surface area contributed by atoms with Crippen molar-refractivity contribution in [3.63, 3.8) is 0 Å². The van der Waals surface area contributed by atoms with Gasteiger partial charge in [-0.3, -0.25) is 9.79 Å². The molecule has 1 aromatic heterocycles. The van der Waals surface area contributed by atoms with Crippen molar-refractivity contribution in [1.29, 1.82) is 0 Å². The summed E-state index contributed by atoms with van der Waals surface area (Å²) in [5, 5.41) is 10.5. The molecule has 0 aliphatic carbocycles. The van der Waals surface area contributed by atoms with Gasteiger partial charge in [-0.1, -0.05) is 12.1 Å². The van der Waals surface area contributed by atoms with Gasteiger partial charge in [0.2, 0.25) is 0 Å². The average molecular weight is 329 g/mol. The summed E-state index contributed by atoms with van der Waals surface area (Å²) < 4.78 is 6.42. The number of nitrogens with one attached hydrogen (secondary N) is 2. The molecule has 0 aliphatic heterocycles. The van der Waals surface area contributed by atoms with E-state index in [0.717, 1.165) is 18.7 Å². The van der Waals surface area contributed by atoms with E-state index in [0.29, 0.717) is 18.9 Å². The fourth-order valence-corrected chi connectivity index (χ4v) is 2.17. The number of hydrogen-bond acceptors (Lipinski definition) is 4. The number of carbonyl (C=O) groups is 1. The van der Waals surface area contributed by atoms with Gasteiger partial charge < -0.3 is 15.4 Å². The zero-order chi connectivity index (χ0) is 17.2. The summed E-state index contributed by atoms with van der Waals surface area (Å²) in [5.74, 6) is 0.433. The Labute approximate surface area is 141 Å². The van der Waals surface area contributed by atoms with Crippen molar-refractivity contribution in [3.05, 3.63) is 48.3 Å². The molecule has 0 unspecified atom stereocenters. The first-order chi connectivity index (χ1) is 11.7. The lowest BCUT2D eigenvalue weighted by Crippen LogP contribution is -2.39. The van der Waals surface area contributed by atoms with Crippen LogP contribution in [0.2, 0.25) is 0 Å². The van der Waals surface area contributed by atoms with Crippen LogP contribution in [0.15, 0.2) is 47.7 Å². The molecule has 7 nitrogen and oxygen atoms in total. The number of aromatic nitrogens is 2. The van der Waals surface area contributed by atoms with Gasteiger partial charge in [-0.15, -0.1) is 0 Å². The highest BCUT2D eigenvalue weighted by Crippen LogP contribution is 2.08. The van der Waals surface area contributed by atoms with Crippen LogP contribution in [0.4, 0.5) is 0 Å². The Balaban J connectivity index is 1.73. The second-order valence-electron chi connectivity index (χ2n) is 5.12. The predicted octanol–water partition coefficient (Wildman–Crippen LogP) is 1.14. The molecule has 2 rings (SSSR count). The van der Waals surface area contributed by atoms with Gasteiger partial charge in [0.05, 0.1) is 19.2 Å². The Morgan fingerprint density at radius 3 is 2.62 bits per heavy atom. The first-order valence-corrected chi connectivity index (χ1v) is 7.83. The normalized spacial score (nSPS) is 11.2. The van der Waals surface area contributed by atoms with Crippen molar-refractivity contribution in [1.82, 2.24) is 20.4 Å². The number of carbonyl (C=O) groups excluding carboxylic acids is 1. The van der Waals surface area contributed by atoms with E-state index in [1.165, 1.54) is 12.7 Å². The lowest BCUT2D eigenvalue weighted by molar-refractivity contribution is -0.140. The van der Waals surface area contributed by atoms with Gasteiger partial charge >= 0.3 is 5.97 Å². The van der Waals surface area contributed by atoms with E-state index < -0.39 is 0 Å². The number of ether oxygens (including phenoxy) is 1. The maximum absolute atomic E-state index is 11.1. The quantitative estimate of drug-likeness (QED) is 0.452. The maximum atomic E-state index is 11.1. The minimum atomic E-state index is -0.241. The fraction of sp³-hybridized carbons (Fsp3) is 0.353. The third-order valence-electron chi connectivity index (χ3n) is 3.48. The van der Waals surface area contributed by atoms with E-state index in [1.54, 1.807) is 13.2 Å². The summed E-state index contributed by atoms with van der Waals surface area (Å²) in [6.07, 6.45) is 4.86. The number of rotatable bonds is 7. The highest BCUT2D eigenvalue weighted by Gasteiger charge is 2.02. The summed E-state index contributed by atoms with van der Waals surface area (Å²) in [5.41, 5.74) is 2.26. The number of aliphatic imine (C=N–C) groups is 1. The van der Waals surface area contributed by atoms with Gasteiger partial charge in [0, 0.05) is 32.5 Å². The van der Waals surface area contributed by atoms with Crippen LogP contribution in [0.25, 0.3) is 5.69 Å². The molecule has 7 heteroatoms. The molecule has 1 aromatic carbocycles. The first-order valence-electron chi connectivity index (χ1n) is 7.83. The number of hydrogen-bond donors (Lipinski definition) is 2. The standard InChI is InChI=1S/C17H23N5O2/c1-18-17(20-12-9-16(23)24-2)19-11-8-14-4-6-15(7-5-14)22-13-3-10-21-22/h3-7,10,13H,8-9,11-12H2,1-2H3,(H2,18,19,20). The van der Waals surface area contributed by atoms with Gasteiger partial charge in [-0.05, 0) is 30.2 Å². The Morgan fingerprint density at radius 2 is 2.00 bits per heavy atom. The van der Waals surface area contributed by atoms with E-state index >= 15 is 0 Å². The van der Waals surface area contributed by atoms with Crippen LogP contribution in [0.1, 0.15) is 12.0 Å². The number of methoxy groups -OCH3 is 1. The topological polar surface area (TPSA) is 80.5 Å². The van der Waals surface area contributed by atoms with Crippen LogP contribution in [0, 0.1) is 0 Å². The highest BCUT2D eigenvalue weighted by molar-refractivity contribution is 5.80. The minimum absolute atomic E-state index is 0.241. The number of esters is 1. The molecule has 0 saturated carbocycles. The second kappa shape index (κ2) is 9.34. The molecule has 0 amide bonds. The Bertz CT molecular complexity index is 650. The fourth-order valence-electron chi connectivity index (χ4n) is 2.17. The Kier molecular flexibility index (Phi) is 6.82. The SMILES string of the molecule is CN=C(NCCC(=O)OC)NCCc1ccc(-n2cccn2)cc1. The number of guanidine groups is 1. The lowest BCUT2D eigenvalue weighted by Gasteiger charge is -2.11. The first kappa shape index (κ1) is 17.5. The molecule has 0 saturated heterocycles. The molecule has 24 heavy (non-hydrogen) atoms. The summed E-state index contributed by atoms with van der Waals surface area (Å²) in [6.45, 7) is 1.24. The largest absolute Gasteiger partial charge is 0.469 e. The molecule has 0 spiro atoms. The van der Waals surface area contributed by atoms with Crippen molar-refractivity contribution in [2.45, 2.75) is 12.8 Å². The molecule has 0 bridgehead atoms.